The maximum absolute atomic E-state index is 12.2. The number of ether oxygens (including phenoxy) is 1. The average molecular weight is 313 g/mol. The van der Waals surface area contributed by atoms with E-state index in [2.05, 4.69) is 24.1 Å². The Morgan fingerprint density at radius 1 is 1.45 bits per heavy atom. The summed E-state index contributed by atoms with van der Waals surface area (Å²) in [6, 6.07) is 0.0259. The summed E-state index contributed by atoms with van der Waals surface area (Å²) >= 11 is 0. The van der Waals surface area contributed by atoms with Gasteiger partial charge in [-0.15, -0.1) is 0 Å². The molecule has 0 spiro atoms. The summed E-state index contributed by atoms with van der Waals surface area (Å²) in [5.41, 5.74) is 0. The number of carbonyl (C=O) groups excluding carboxylic acids is 2. The highest BCUT2D eigenvalue weighted by atomic mass is 16.5. The topological polar surface area (TPSA) is 61.9 Å². The van der Waals surface area contributed by atoms with Crippen molar-refractivity contribution in [3.8, 4) is 0 Å². The summed E-state index contributed by atoms with van der Waals surface area (Å²) in [5.74, 6) is -0.173. The van der Waals surface area contributed by atoms with Crippen molar-refractivity contribution in [1.29, 1.82) is 0 Å². The first-order valence-corrected chi connectivity index (χ1v) is 8.31. The van der Waals surface area contributed by atoms with Crippen molar-refractivity contribution in [3.63, 3.8) is 0 Å². The maximum Gasteiger partial charge on any atom is 0.225 e. The molecule has 0 aromatic carbocycles. The molecule has 1 heterocycles. The van der Waals surface area contributed by atoms with Crippen LogP contribution in [0, 0.1) is 5.92 Å². The minimum absolute atomic E-state index is 0.0000128. The Labute approximate surface area is 134 Å². The number of likely N-dealkylation sites (tertiary alicyclic amines) is 1. The van der Waals surface area contributed by atoms with Crippen molar-refractivity contribution in [3.05, 3.63) is 0 Å². The van der Waals surface area contributed by atoms with E-state index < -0.39 is 0 Å². The van der Waals surface area contributed by atoms with Gasteiger partial charge in [-0.05, 0) is 33.0 Å². The number of amides is 2. The third-order valence-corrected chi connectivity index (χ3v) is 4.31. The average Bonchev–Trinajstić information content (AvgIpc) is 2.89. The number of methoxy groups -OCH3 is 1. The summed E-state index contributed by atoms with van der Waals surface area (Å²) in [6.45, 7) is 11.0. The van der Waals surface area contributed by atoms with E-state index in [0.717, 1.165) is 26.1 Å². The molecular weight excluding hydrogens is 282 g/mol. The molecule has 2 atom stereocenters. The van der Waals surface area contributed by atoms with Gasteiger partial charge in [0.05, 0.1) is 18.6 Å². The van der Waals surface area contributed by atoms with Crippen LogP contribution in [0.4, 0.5) is 0 Å². The van der Waals surface area contributed by atoms with E-state index in [1.54, 1.807) is 12.0 Å². The van der Waals surface area contributed by atoms with Gasteiger partial charge >= 0.3 is 0 Å². The molecule has 1 aliphatic rings. The van der Waals surface area contributed by atoms with Crippen molar-refractivity contribution in [2.45, 2.75) is 39.7 Å². The molecular formula is C16H31N3O3. The van der Waals surface area contributed by atoms with E-state index in [9.17, 15) is 9.59 Å². The zero-order valence-corrected chi connectivity index (χ0v) is 14.4. The van der Waals surface area contributed by atoms with E-state index in [-0.39, 0.29) is 23.8 Å². The van der Waals surface area contributed by atoms with E-state index in [1.807, 2.05) is 6.92 Å². The van der Waals surface area contributed by atoms with E-state index >= 15 is 0 Å². The second kappa shape index (κ2) is 9.79. The van der Waals surface area contributed by atoms with Crippen LogP contribution in [0.1, 0.15) is 33.6 Å². The molecule has 0 radical (unpaired) electrons. The summed E-state index contributed by atoms with van der Waals surface area (Å²) < 4.78 is 5.08. The number of nitrogens with zero attached hydrogens (tertiary/aromatic N) is 2. The van der Waals surface area contributed by atoms with Crippen LogP contribution in [-0.2, 0) is 14.3 Å². The highest BCUT2D eigenvalue weighted by molar-refractivity contribution is 5.89. The zero-order chi connectivity index (χ0) is 16.5. The highest BCUT2D eigenvalue weighted by Gasteiger charge is 2.36. The van der Waals surface area contributed by atoms with Crippen LogP contribution >= 0.6 is 0 Å². The molecule has 0 saturated carbocycles. The number of carbonyl (C=O) groups is 2. The molecule has 1 aliphatic heterocycles. The number of rotatable bonds is 10. The lowest BCUT2D eigenvalue weighted by atomic mass is 10.1. The Kier molecular flexibility index (Phi) is 8.42. The minimum Gasteiger partial charge on any atom is -0.383 e. The molecule has 0 aromatic rings. The molecule has 2 amide bonds. The first-order valence-electron chi connectivity index (χ1n) is 8.31. The van der Waals surface area contributed by atoms with E-state index in [1.165, 1.54) is 0 Å². The monoisotopic (exact) mass is 313 g/mol. The van der Waals surface area contributed by atoms with Gasteiger partial charge in [0.1, 0.15) is 0 Å². The van der Waals surface area contributed by atoms with Crippen molar-refractivity contribution in [2.24, 2.45) is 5.92 Å². The predicted molar refractivity (Wildman–Crippen MR) is 86.6 cm³/mol. The van der Waals surface area contributed by atoms with Gasteiger partial charge in [0, 0.05) is 26.6 Å². The Morgan fingerprint density at radius 3 is 2.73 bits per heavy atom. The van der Waals surface area contributed by atoms with Crippen LogP contribution in [0.25, 0.3) is 0 Å². The van der Waals surface area contributed by atoms with Crippen LogP contribution in [0.3, 0.4) is 0 Å². The first kappa shape index (κ1) is 18.9. The normalized spacial score (nSPS) is 19.8. The van der Waals surface area contributed by atoms with Gasteiger partial charge < -0.3 is 19.9 Å². The highest BCUT2D eigenvalue weighted by Crippen LogP contribution is 2.20. The van der Waals surface area contributed by atoms with Crippen LogP contribution < -0.4 is 5.32 Å². The summed E-state index contributed by atoms with van der Waals surface area (Å²) in [4.78, 5) is 28.2. The molecule has 22 heavy (non-hydrogen) atoms. The summed E-state index contributed by atoms with van der Waals surface area (Å²) in [6.07, 6.45) is 1.26. The number of hydrogen-bond donors (Lipinski definition) is 1. The lowest BCUT2D eigenvalue weighted by Gasteiger charge is -2.24. The van der Waals surface area contributed by atoms with Crippen LogP contribution in [0.5, 0.6) is 0 Å². The Morgan fingerprint density at radius 2 is 2.14 bits per heavy atom. The van der Waals surface area contributed by atoms with Gasteiger partial charge in [0.15, 0.2) is 0 Å². The van der Waals surface area contributed by atoms with Gasteiger partial charge in [0.2, 0.25) is 11.8 Å². The lowest BCUT2D eigenvalue weighted by Crippen LogP contribution is -2.39. The Bertz CT molecular complexity index is 359. The standard InChI is InChI=1S/C16H31N3O3/c1-5-18(6-2)9-7-8-17-16(21)14-10-15(20)19(11-14)13(3)12-22-4/h13-14H,5-12H2,1-4H3,(H,17,21)/t13-,14+/m1/s1. The smallest absolute Gasteiger partial charge is 0.225 e. The molecule has 6 nitrogen and oxygen atoms in total. The Hall–Kier alpha value is -1.14. The van der Waals surface area contributed by atoms with E-state index in [4.69, 9.17) is 4.74 Å². The first-order chi connectivity index (χ1) is 10.5. The van der Waals surface area contributed by atoms with Crippen molar-refractivity contribution >= 4 is 11.8 Å². The fourth-order valence-electron chi connectivity index (χ4n) is 2.86. The summed E-state index contributed by atoms with van der Waals surface area (Å²) in [5, 5.41) is 2.96. The molecule has 1 saturated heterocycles. The van der Waals surface area contributed by atoms with Gasteiger partial charge in [0.25, 0.3) is 0 Å². The van der Waals surface area contributed by atoms with Gasteiger partial charge in [-0.1, -0.05) is 13.8 Å². The van der Waals surface area contributed by atoms with Gasteiger partial charge in [-0.25, -0.2) is 0 Å². The fraction of sp³-hybridized carbons (Fsp3) is 0.875. The number of hydrogen-bond acceptors (Lipinski definition) is 4. The van der Waals surface area contributed by atoms with E-state index in [0.29, 0.717) is 26.1 Å². The molecule has 1 rings (SSSR count). The largest absolute Gasteiger partial charge is 0.383 e. The van der Waals surface area contributed by atoms with Crippen molar-refractivity contribution < 1.29 is 14.3 Å². The van der Waals surface area contributed by atoms with Crippen molar-refractivity contribution in [1.82, 2.24) is 15.1 Å². The third-order valence-electron chi connectivity index (χ3n) is 4.31. The second-order valence-corrected chi connectivity index (χ2v) is 5.92. The molecule has 1 N–H and O–H groups in total. The van der Waals surface area contributed by atoms with Crippen LogP contribution in [0.2, 0.25) is 0 Å². The number of nitrogens with one attached hydrogen (secondary N) is 1. The van der Waals surface area contributed by atoms with Crippen molar-refractivity contribution in [2.75, 3.05) is 46.4 Å². The quantitative estimate of drug-likeness (QED) is 0.604. The molecule has 0 unspecified atom stereocenters. The Balaban J connectivity index is 2.30. The maximum atomic E-state index is 12.2. The van der Waals surface area contributed by atoms with Crippen LogP contribution in [0.15, 0.2) is 0 Å². The predicted octanol–water partition coefficient (Wildman–Crippen LogP) is 0.718. The lowest BCUT2D eigenvalue weighted by molar-refractivity contribution is -0.130. The minimum atomic E-state index is -0.222. The third kappa shape index (κ3) is 5.57. The molecule has 6 heteroatoms. The fourth-order valence-corrected chi connectivity index (χ4v) is 2.86. The van der Waals surface area contributed by atoms with Gasteiger partial charge in [-0.2, -0.15) is 0 Å². The molecule has 1 fully saturated rings. The molecule has 0 bridgehead atoms. The molecule has 0 aliphatic carbocycles. The van der Waals surface area contributed by atoms with Crippen LogP contribution in [-0.4, -0.2) is 74.1 Å². The van der Waals surface area contributed by atoms with Gasteiger partial charge in [-0.3, -0.25) is 9.59 Å². The zero-order valence-electron chi connectivity index (χ0n) is 14.4. The molecule has 128 valence electrons. The SMILES string of the molecule is CCN(CC)CCCNC(=O)[C@H]1CC(=O)N([C@H](C)COC)C1. The second-order valence-electron chi connectivity index (χ2n) is 5.92. The summed E-state index contributed by atoms with van der Waals surface area (Å²) in [7, 11) is 1.62. The molecule has 0 aromatic heterocycles.